The summed E-state index contributed by atoms with van der Waals surface area (Å²) < 4.78 is 12.8. The lowest BCUT2D eigenvalue weighted by atomic mass is 10.0. The van der Waals surface area contributed by atoms with E-state index in [2.05, 4.69) is 17.1 Å². The molecule has 2 fully saturated rings. The predicted molar refractivity (Wildman–Crippen MR) is 73.1 cm³/mol. The van der Waals surface area contributed by atoms with Crippen LogP contribution in [0.2, 0.25) is 0 Å². The van der Waals surface area contributed by atoms with Crippen molar-refractivity contribution in [2.45, 2.75) is 37.8 Å². The smallest absolute Gasteiger partial charge is 0.313 e. The average Bonchev–Trinajstić information content (AvgIpc) is 2.66. The normalized spacial score (nSPS) is 27.8. The highest BCUT2D eigenvalue weighted by Gasteiger charge is 2.36. The van der Waals surface area contributed by atoms with E-state index < -0.39 is 5.97 Å². The first kappa shape index (κ1) is 13.2. The number of nitrogens with zero attached hydrogens (tertiary/aromatic N) is 2. The van der Waals surface area contributed by atoms with Gasteiger partial charge in [-0.1, -0.05) is 5.16 Å². The maximum atomic E-state index is 12.8. The van der Waals surface area contributed by atoms with Crippen LogP contribution in [0.15, 0.2) is 29.4 Å². The van der Waals surface area contributed by atoms with Gasteiger partial charge in [-0.05, 0) is 44.2 Å². The van der Waals surface area contributed by atoms with Crippen LogP contribution in [0.25, 0.3) is 0 Å². The Morgan fingerprint density at radius 3 is 2.45 bits per heavy atom. The van der Waals surface area contributed by atoms with Gasteiger partial charge in [-0.15, -0.1) is 0 Å². The lowest BCUT2D eigenvalue weighted by molar-refractivity contribution is 0.0510. The number of rotatable bonds is 2. The van der Waals surface area contributed by atoms with Crippen LogP contribution in [0.1, 0.15) is 36.0 Å². The SMILES string of the molecule is CN1[C@@H]2CC[C@H]1CC(=NOC(=O)c1ccc(F)cc1)C2. The predicted octanol–water partition coefficient (Wildman–Crippen LogP) is 2.60. The molecule has 0 spiro atoms. The maximum Gasteiger partial charge on any atom is 0.365 e. The van der Waals surface area contributed by atoms with Crippen LogP contribution in [0.5, 0.6) is 0 Å². The highest BCUT2D eigenvalue weighted by Crippen LogP contribution is 2.32. The van der Waals surface area contributed by atoms with Crippen molar-refractivity contribution in [2.24, 2.45) is 5.16 Å². The first-order chi connectivity index (χ1) is 9.63. The van der Waals surface area contributed by atoms with Crippen LogP contribution in [0, 0.1) is 5.82 Å². The van der Waals surface area contributed by atoms with Crippen molar-refractivity contribution >= 4 is 11.7 Å². The molecule has 0 saturated carbocycles. The number of fused-ring (bicyclic) bond motifs is 2. The van der Waals surface area contributed by atoms with Crippen LogP contribution in [0.4, 0.5) is 4.39 Å². The van der Waals surface area contributed by atoms with Gasteiger partial charge in [0, 0.05) is 24.9 Å². The summed E-state index contributed by atoms with van der Waals surface area (Å²) in [5.41, 5.74) is 1.26. The highest BCUT2D eigenvalue weighted by atomic mass is 19.1. The van der Waals surface area contributed by atoms with E-state index in [1.165, 1.54) is 37.1 Å². The molecular formula is C15H17FN2O2. The Morgan fingerprint density at radius 1 is 1.25 bits per heavy atom. The molecule has 0 radical (unpaired) electrons. The Bertz CT molecular complexity index is 525. The number of hydrogen-bond acceptors (Lipinski definition) is 4. The summed E-state index contributed by atoms with van der Waals surface area (Å²) in [6.45, 7) is 0. The molecule has 5 heteroatoms. The van der Waals surface area contributed by atoms with Crippen molar-refractivity contribution in [1.29, 1.82) is 0 Å². The molecule has 2 atom stereocenters. The van der Waals surface area contributed by atoms with Crippen molar-refractivity contribution in [2.75, 3.05) is 7.05 Å². The number of piperidine rings is 1. The highest BCUT2D eigenvalue weighted by molar-refractivity contribution is 5.91. The summed E-state index contributed by atoms with van der Waals surface area (Å²) in [4.78, 5) is 19.1. The maximum absolute atomic E-state index is 12.8. The molecule has 2 aliphatic heterocycles. The second-order valence-electron chi connectivity index (χ2n) is 5.50. The van der Waals surface area contributed by atoms with E-state index in [1.54, 1.807) is 0 Å². The van der Waals surface area contributed by atoms with Gasteiger partial charge in [0.2, 0.25) is 0 Å². The van der Waals surface area contributed by atoms with E-state index >= 15 is 0 Å². The number of carbonyl (C=O) groups is 1. The molecule has 0 unspecified atom stereocenters. The summed E-state index contributed by atoms with van der Waals surface area (Å²) in [6, 6.07) is 6.32. The zero-order valence-electron chi connectivity index (χ0n) is 11.4. The molecule has 106 valence electrons. The minimum atomic E-state index is -0.538. The summed E-state index contributed by atoms with van der Waals surface area (Å²) in [7, 11) is 2.14. The molecule has 0 aliphatic carbocycles. The molecule has 3 rings (SSSR count). The number of oxime groups is 1. The van der Waals surface area contributed by atoms with Gasteiger partial charge in [0.1, 0.15) is 5.82 Å². The van der Waals surface area contributed by atoms with E-state index in [9.17, 15) is 9.18 Å². The van der Waals surface area contributed by atoms with Crippen LogP contribution in [0.3, 0.4) is 0 Å². The lowest BCUT2D eigenvalue weighted by Gasteiger charge is -2.31. The molecule has 0 aromatic heterocycles. The van der Waals surface area contributed by atoms with Crippen molar-refractivity contribution in [3.63, 3.8) is 0 Å². The molecule has 2 saturated heterocycles. The molecule has 0 amide bonds. The Kier molecular flexibility index (Phi) is 3.53. The molecular weight excluding hydrogens is 259 g/mol. The van der Waals surface area contributed by atoms with Gasteiger partial charge in [0.25, 0.3) is 0 Å². The Labute approximate surface area is 117 Å². The molecule has 20 heavy (non-hydrogen) atoms. The van der Waals surface area contributed by atoms with Crippen molar-refractivity contribution in [3.05, 3.63) is 35.6 Å². The van der Waals surface area contributed by atoms with Gasteiger partial charge in [0.15, 0.2) is 0 Å². The summed E-state index contributed by atoms with van der Waals surface area (Å²) in [5, 5.41) is 4.00. The zero-order chi connectivity index (χ0) is 14.1. The third kappa shape index (κ3) is 2.58. The molecule has 1 aromatic rings. The molecule has 2 bridgehead atoms. The van der Waals surface area contributed by atoms with Gasteiger partial charge in [-0.25, -0.2) is 9.18 Å². The first-order valence-electron chi connectivity index (χ1n) is 6.88. The molecule has 1 aromatic carbocycles. The summed E-state index contributed by atoms with van der Waals surface area (Å²) in [5.74, 6) is -0.913. The van der Waals surface area contributed by atoms with Gasteiger partial charge >= 0.3 is 5.97 Å². The Hall–Kier alpha value is -1.75. The fraction of sp³-hybridized carbons (Fsp3) is 0.467. The topological polar surface area (TPSA) is 41.9 Å². The standard InChI is InChI=1S/C15H17FN2O2/c1-18-13-6-7-14(18)9-12(8-13)17-20-15(19)10-2-4-11(16)5-3-10/h2-5,13-14H,6-9H2,1H3/t13-,14+. The van der Waals surface area contributed by atoms with Gasteiger partial charge in [-0.2, -0.15) is 0 Å². The fourth-order valence-electron chi connectivity index (χ4n) is 3.03. The first-order valence-corrected chi connectivity index (χ1v) is 6.88. The van der Waals surface area contributed by atoms with Crippen molar-refractivity contribution < 1.29 is 14.0 Å². The number of hydrogen-bond donors (Lipinski definition) is 0. The molecule has 2 heterocycles. The van der Waals surface area contributed by atoms with Crippen LogP contribution < -0.4 is 0 Å². The van der Waals surface area contributed by atoms with Crippen molar-refractivity contribution in [3.8, 4) is 0 Å². The van der Waals surface area contributed by atoms with E-state index in [0.29, 0.717) is 17.6 Å². The monoisotopic (exact) mass is 276 g/mol. The third-order valence-electron chi connectivity index (χ3n) is 4.27. The van der Waals surface area contributed by atoms with Gasteiger partial charge < -0.3 is 4.84 Å². The molecule has 2 aliphatic rings. The molecule has 4 nitrogen and oxygen atoms in total. The van der Waals surface area contributed by atoms with Crippen molar-refractivity contribution in [1.82, 2.24) is 4.90 Å². The minimum absolute atomic E-state index is 0.312. The van der Waals surface area contributed by atoms with E-state index in [-0.39, 0.29) is 5.82 Å². The number of carbonyl (C=O) groups excluding carboxylic acids is 1. The zero-order valence-corrected chi connectivity index (χ0v) is 11.4. The quantitative estimate of drug-likeness (QED) is 0.616. The lowest BCUT2D eigenvalue weighted by Crippen LogP contribution is -2.40. The Balaban J connectivity index is 1.63. The summed E-state index contributed by atoms with van der Waals surface area (Å²) in [6.07, 6.45) is 4.10. The second-order valence-corrected chi connectivity index (χ2v) is 5.50. The van der Waals surface area contributed by atoms with Crippen LogP contribution in [-0.2, 0) is 4.84 Å². The third-order valence-corrected chi connectivity index (χ3v) is 4.27. The molecule has 0 N–H and O–H groups in total. The van der Waals surface area contributed by atoms with E-state index in [1.807, 2.05) is 0 Å². The number of halogens is 1. The summed E-state index contributed by atoms with van der Waals surface area (Å²) >= 11 is 0. The Morgan fingerprint density at radius 2 is 1.85 bits per heavy atom. The minimum Gasteiger partial charge on any atom is -0.313 e. The van der Waals surface area contributed by atoms with E-state index in [0.717, 1.165) is 18.6 Å². The largest absolute Gasteiger partial charge is 0.365 e. The van der Waals surface area contributed by atoms with Gasteiger partial charge in [-0.3, -0.25) is 4.90 Å². The van der Waals surface area contributed by atoms with Gasteiger partial charge in [0.05, 0.1) is 11.3 Å². The second kappa shape index (κ2) is 5.32. The number of benzene rings is 1. The van der Waals surface area contributed by atoms with Crippen LogP contribution >= 0.6 is 0 Å². The van der Waals surface area contributed by atoms with Crippen LogP contribution in [-0.4, -0.2) is 35.7 Å². The van der Waals surface area contributed by atoms with E-state index in [4.69, 9.17) is 4.84 Å². The fourth-order valence-corrected chi connectivity index (χ4v) is 3.03. The average molecular weight is 276 g/mol.